The Morgan fingerprint density at radius 1 is 0.850 bits per heavy atom. The molecule has 0 fully saturated rings. The molecule has 0 saturated carbocycles. The molecule has 0 aromatic heterocycles. The van der Waals surface area contributed by atoms with Crippen molar-refractivity contribution in [2.24, 2.45) is 0 Å². The number of halogens is 1. The van der Waals surface area contributed by atoms with Crippen molar-refractivity contribution in [1.82, 2.24) is 0 Å². The van der Waals surface area contributed by atoms with E-state index in [1.807, 2.05) is 0 Å². The number of urea groups is 1. The summed E-state index contributed by atoms with van der Waals surface area (Å²) >= 11 is 0. The van der Waals surface area contributed by atoms with E-state index >= 15 is 0 Å². The number of carbonyl (C=O) groups excluding carboxylic acids is 2. The molecule has 6 heteroatoms. The van der Waals surface area contributed by atoms with Crippen LogP contribution in [0.4, 0.5) is 20.6 Å². The van der Waals surface area contributed by atoms with E-state index in [-0.39, 0.29) is 5.56 Å². The Morgan fingerprint density at radius 3 is 1.75 bits per heavy atom. The quantitative estimate of drug-likeness (QED) is 0.895. The molecule has 2 N–H and O–H groups in total. The second-order valence-electron chi connectivity index (χ2n) is 3.95. The lowest BCUT2D eigenvalue weighted by molar-refractivity contribution is -0.255. The molecule has 0 heterocycles. The monoisotopic (exact) mass is 273 g/mol. The fraction of sp³-hybridized carbons (Fsp3) is 0. The first-order valence-corrected chi connectivity index (χ1v) is 5.69. The minimum Gasteiger partial charge on any atom is -0.545 e. The average Bonchev–Trinajstić information content (AvgIpc) is 2.42. The highest BCUT2D eigenvalue weighted by molar-refractivity contribution is 6.00. The molecular formula is C14H10FN2O3-. The van der Waals surface area contributed by atoms with Gasteiger partial charge in [-0.1, -0.05) is 12.1 Å². The summed E-state index contributed by atoms with van der Waals surface area (Å²) in [4.78, 5) is 22.2. The minimum atomic E-state index is -1.28. The van der Waals surface area contributed by atoms with Crippen LogP contribution in [-0.4, -0.2) is 12.0 Å². The van der Waals surface area contributed by atoms with Gasteiger partial charge in [0.25, 0.3) is 0 Å². The Morgan fingerprint density at radius 2 is 1.30 bits per heavy atom. The van der Waals surface area contributed by atoms with E-state index in [0.717, 1.165) is 0 Å². The number of carboxylic acids is 1. The topological polar surface area (TPSA) is 81.3 Å². The van der Waals surface area contributed by atoms with E-state index in [4.69, 9.17) is 0 Å². The van der Waals surface area contributed by atoms with Gasteiger partial charge in [-0.2, -0.15) is 0 Å². The van der Waals surface area contributed by atoms with Crippen molar-refractivity contribution in [1.29, 1.82) is 0 Å². The first-order valence-electron chi connectivity index (χ1n) is 5.69. The number of carbonyl (C=O) groups is 2. The predicted molar refractivity (Wildman–Crippen MR) is 69.8 cm³/mol. The largest absolute Gasteiger partial charge is 0.545 e. The Kier molecular flexibility index (Phi) is 3.95. The molecule has 0 unspecified atom stereocenters. The lowest BCUT2D eigenvalue weighted by Crippen LogP contribution is -2.22. The summed E-state index contributed by atoms with van der Waals surface area (Å²) in [6, 6.07) is 10.3. The molecular weight excluding hydrogens is 263 g/mol. The van der Waals surface area contributed by atoms with Crippen molar-refractivity contribution in [2.75, 3.05) is 10.6 Å². The fourth-order valence-electron chi connectivity index (χ4n) is 1.52. The van der Waals surface area contributed by atoms with Gasteiger partial charge in [0.2, 0.25) is 0 Å². The standard InChI is InChI=1S/C14H11FN2O3/c15-10-3-7-12(8-4-10)17-14(20)16-11-5-1-9(2-6-11)13(18)19/h1-8H,(H,18,19)(H2,16,17,20)/p-1. The van der Waals surface area contributed by atoms with Crippen molar-refractivity contribution in [3.8, 4) is 0 Å². The van der Waals surface area contributed by atoms with Crippen LogP contribution in [0.3, 0.4) is 0 Å². The van der Waals surface area contributed by atoms with Gasteiger partial charge in [-0.25, -0.2) is 9.18 Å². The molecule has 2 aromatic carbocycles. The minimum absolute atomic E-state index is 0.0227. The first kappa shape index (κ1) is 13.5. The normalized spacial score (nSPS) is 9.85. The molecule has 0 spiro atoms. The Bertz CT molecular complexity index is 624. The van der Waals surface area contributed by atoms with E-state index in [2.05, 4.69) is 10.6 Å². The lowest BCUT2D eigenvalue weighted by atomic mass is 10.2. The van der Waals surface area contributed by atoms with Gasteiger partial charge < -0.3 is 20.5 Å². The lowest BCUT2D eigenvalue weighted by Gasteiger charge is -2.08. The van der Waals surface area contributed by atoms with Gasteiger partial charge in [-0.3, -0.25) is 0 Å². The van der Waals surface area contributed by atoms with Crippen molar-refractivity contribution in [3.63, 3.8) is 0 Å². The van der Waals surface area contributed by atoms with E-state index in [9.17, 15) is 19.1 Å². The molecule has 5 nitrogen and oxygen atoms in total. The number of hydrogen-bond acceptors (Lipinski definition) is 3. The molecule has 102 valence electrons. The number of nitrogens with one attached hydrogen (secondary N) is 2. The third kappa shape index (κ3) is 3.55. The summed E-state index contributed by atoms with van der Waals surface area (Å²) in [7, 11) is 0. The maximum atomic E-state index is 12.7. The Balaban J connectivity index is 1.97. The number of benzene rings is 2. The second-order valence-corrected chi connectivity index (χ2v) is 3.95. The van der Waals surface area contributed by atoms with Crippen LogP contribution < -0.4 is 15.7 Å². The predicted octanol–water partition coefficient (Wildman–Crippen LogP) is 1.83. The molecule has 0 saturated heterocycles. The van der Waals surface area contributed by atoms with Crippen LogP contribution in [0.15, 0.2) is 48.5 Å². The number of hydrogen-bond donors (Lipinski definition) is 2. The van der Waals surface area contributed by atoms with Crippen LogP contribution in [0.2, 0.25) is 0 Å². The summed E-state index contributed by atoms with van der Waals surface area (Å²) in [5, 5.41) is 15.6. The van der Waals surface area contributed by atoms with Gasteiger partial charge in [-0.15, -0.1) is 0 Å². The van der Waals surface area contributed by atoms with Gasteiger partial charge in [0.15, 0.2) is 0 Å². The molecule has 0 radical (unpaired) electrons. The van der Waals surface area contributed by atoms with Crippen LogP contribution in [0.1, 0.15) is 10.4 Å². The number of aromatic carboxylic acids is 1. The third-order valence-electron chi connectivity index (χ3n) is 2.48. The Labute approximate surface area is 114 Å². The fourth-order valence-corrected chi connectivity index (χ4v) is 1.52. The zero-order chi connectivity index (χ0) is 14.5. The highest BCUT2D eigenvalue weighted by atomic mass is 19.1. The van der Waals surface area contributed by atoms with Gasteiger partial charge in [0.1, 0.15) is 5.82 Å². The van der Waals surface area contributed by atoms with Gasteiger partial charge in [0, 0.05) is 11.4 Å². The van der Waals surface area contributed by atoms with Crippen molar-refractivity contribution in [3.05, 3.63) is 59.9 Å². The number of carboxylic acid groups (broad SMARTS) is 1. The van der Waals surface area contributed by atoms with Gasteiger partial charge in [0.05, 0.1) is 5.97 Å². The van der Waals surface area contributed by atoms with Crippen LogP contribution in [-0.2, 0) is 0 Å². The zero-order valence-corrected chi connectivity index (χ0v) is 10.2. The summed E-state index contributed by atoms with van der Waals surface area (Å²) < 4.78 is 12.7. The summed E-state index contributed by atoms with van der Waals surface area (Å²) in [5.74, 6) is -1.68. The molecule has 2 rings (SSSR count). The Hall–Kier alpha value is -2.89. The zero-order valence-electron chi connectivity index (χ0n) is 10.2. The molecule has 0 atom stereocenters. The van der Waals surface area contributed by atoms with Crippen LogP contribution >= 0.6 is 0 Å². The molecule has 2 amide bonds. The van der Waals surface area contributed by atoms with Gasteiger partial charge in [-0.05, 0) is 42.0 Å². The van der Waals surface area contributed by atoms with Crippen LogP contribution in [0.25, 0.3) is 0 Å². The molecule has 0 aliphatic carbocycles. The molecule has 0 aliphatic heterocycles. The highest BCUT2D eigenvalue weighted by Gasteiger charge is 2.03. The van der Waals surface area contributed by atoms with Crippen molar-refractivity contribution < 1.29 is 19.1 Å². The summed E-state index contributed by atoms with van der Waals surface area (Å²) in [6.45, 7) is 0. The number of anilines is 2. The van der Waals surface area contributed by atoms with Crippen molar-refractivity contribution in [2.45, 2.75) is 0 Å². The molecule has 0 bridgehead atoms. The maximum Gasteiger partial charge on any atom is 0.323 e. The van der Waals surface area contributed by atoms with Crippen LogP contribution in [0.5, 0.6) is 0 Å². The molecule has 20 heavy (non-hydrogen) atoms. The number of amides is 2. The highest BCUT2D eigenvalue weighted by Crippen LogP contribution is 2.11. The smallest absolute Gasteiger partial charge is 0.323 e. The molecule has 0 aliphatic rings. The molecule has 2 aromatic rings. The summed E-state index contributed by atoms with van der Waals surface area (Å²) in [5.41, 5.74) is 0.888. The average molecular weight is 273 g/mol. The van der Waals surface area contributed by atoms with Crippen LogP contribution in [0, 0.1) is 5.82 Å². The van der Waals surface area contributed by atoms with E-state index < -0.39 is 17.8 Å². The number of rotatable bonds is 3. The van der Waals surface area contributed by atoms with E-state index in [1.165, 1.54) is 48.5 Å². The van der Waals surface area contributed by atoms with Crippen molar-refractivity contribution >= 4 is 23.4 Å². The van der Waals surface area contributed by atoms with E-state index in [1.54, 1.807) is 0 Å². The van der Waals surface area contributed by atoms with E-state index in [0.29, 0.717) is 11.4 Å². The maximum absolute atomic E-state index is 12.7. The van der Waals surface area contributed by atoms with Gasteiger partial charge >= 0.3 is 6.03 Å². The summed E-state index contributed by atoms with van der Waals surface area (Å²) in [6.07, 6.45) is 0. The first-order chi connectivity index (χ1) is 9.54. The SMILES string of the molecule is O=C(Nc1ccc(F)cc1)Nc1ccc(C(=O)[O-])cc1. The third-order valence-corrected chi connectivity index (χ3v) is 2.48. The second kappa shape index (κ2) is 5.83.